The van der Waals surface area contributed by atoms with Crippen LogP contribution in [0.5, 0.6) is 0 Å². The van der Waals surface area contributed by atoms with Crippen molar-refractivity contribution in [2.45, 2.75) is 37.8 Å². The maximum absolute atomic E-state index is 9.66. The van der Waals surface area contributed by atoms with E-state index >= 15 is 0 Å². The maximum Gasteiger partial charge on any atom is 0.134 e. The van der Waals surface area contributed by atoms with E-state index in [1.807, 2.05) is 6.07 Å². The normalized spacial score (nSPS) is 24.8. The number of anilines is 2. The highest BCUT2D eigenvalue weighted by molar-refractivity contribution is 5.49. The molecule has 1 aliphatic carbocycles. The lowest BCUT2D eigenvalue weighted by molar-refractivity contribution is 0.154. The van der Waals surface area contributed by atoms with Crippen molar-refractivity contribution >= 4 is 11.6 Å². The van der Waals surface area contributed by atoms with Crippen molar-refractivity contribution in [3.63, 3.8) is 0 Å². The number of nitrogens with one attached hydrogen (secondary N) is 1. The molecule has 5 nitrogen and oxygen atoms in total. The highest BCUT2D eigenvalue weighted by Crippen LogP contribution is 2.25. The summed E-state index contributed by atoms with van der Waals surface area (Å²) in [7, 11) is 0. The van der Waals surface area contributed by atoms with E-state index in [0.717, 1.165) is 31.0 Å². The molecule has 0 amide bonds. The molecule has 1 atom stereocenters. The molecule has 0 aromatic carbocycles. The molecular formula is C12H18N4O. The predicted molar refractivity (Wildman–Crippen MR) is 66.1 cm³/mol. The van der Waals surface area contributed by atoms with Gasteiger partial charge in [-0.05, 0) is 25.7 Å². The predicted octanol–water partition coefficient (Wildman–Crippen LogP) is 1.01. The zero-order chi connectivity index (χ0) is 11.7. The van der Waals surface area contributed by atoms with E-state index in [2.05, 4.69) is 20.2 Å². The molecule has 1 aromatic rings. The van der Waals surface area contributed by atoms with Crippen LogP contribution in [0.2, 0.25) is 0 Å². The first-order valence-electron chi connectivity index (χ1n) is 6.33. The number of piperidine rings is 1. The Morgan fingerprint density at radius 2 is 2.18 bits per heavy atom. The minimum atomic E-state index is -0.224. The monoisotopic (exact) mass is 234 g/mol. The van der Waals surface area contributed by atoms with Crippen LogP contribution in [-0.4, -0.2) is 40.3 Å². The first-order valence-corrected chi connectivity index (χ1v) is 6.33. The number of hydrogen-bond donors (Lipinski definition) is 2. The second kappa shape index (κ2) is 4.49. The van der Waals surface area contributed by atoms with Gasteiger partial charge in [0.15, 0.2) is 0 Å². The molecule has 1 saturated carbocycles. The Hall–Kier alpha value is -1.36. The Labute approximate surface area is 101 Å². The molecule has 1 aromatic heterocycles. The molecule has 0 spiro atoms. The van der Waals surface area contributed by atoms with Crippen molar-refractivity contribution in [2.75, 3.05) is 23.3 Å². The number of aliphatic hydroxyl groups is 1. The molecule has 92 valence electrons. The van der Waals surface area contributed by atoms with Crippen molar-refractivity contribution in [3.05, 3.63) is 12.4 Å². The summed E-state index contributed by atoms with van der Waals surface area (Å²) in [6.45, 7) is 1.65. The summed E-state index contributed by atoms with van der Waals surface area (Å²) in [6.07, 6.45) is 5.77. The van der Waals surface area contributed by atoms with Gasteiger partial charge in [0.05, 0.1) is 6.10 Å². The van der Waals surface area contributed by atoms with Gasteiger partial charge in [-0.2, -0.15) is 0 Å². The highest BCUT2D eigenvalue weighted by atomic mass is 16.3. The van der Waals surface area contributed by atoms with Crippen LogP contribution in [0.1, 0.15) is 25.7 Å². The third kappa shape index (κ3) is 2.66. The quantitative estimate of drug-likeness (QED) is 0.817. The lowest BCUT2D eigenvalue weighted by Gasteiger charge is -2.31. The Morgan fingerprint density at radius 3 is 2.94 bits per heavy atom. The van der Waals surface area contributed by atoms with Gasteiger partial charge in [-0.15, -0.1) is 0 Å². The van der Waals surface area contributed by atoms with Gasteiger partial charge in [0, 0.05) is 25.2 Å². The van der Waals surface area contributed by atoms with Crippen LogP contribution in [-0.2, 0) is 0 Å². The van der Waals surface area contributed by atoms with Gasteiger partial charge in [0.1, 0.15) is 18.0 Å². The molecule has 1 saturated heterocycles. The van der Waals surface area contributed by atoms with Crippen molar-refractivity contribution in [1.29, 1.82) is 0 Å². The molecule has 1 unspecified atom stereocenters. The summed E-state index contributed by atoms with van der Waals surface area (Å²) in [5.41, 5.74) is 0. The molecule has 0 bridgehead atoms. The Bertz CT molecular complexity index is 394. The Kier molecular flexibility index (Phi) is 2.84. The van der Waals surface area contributed by atoms with E-state index in [1.54, 1.807) is 6.33 Å². The van der Waals surface area contributed by atoms with E-state index in [0.29, 0.717) is 12.6 Å². The highest BCUT2D eigenvalue weighted by Gasteiger charge is 2.22. The fourth-order valence-corrected chi connectivity index (χ4v) is 2.20. The molecular weight excluding hydrogens is 216 g/mol. The standard InChI is InChI=1S/C12H18N4O/c17-10-2-1-5-16(7-10)12-6-11(13-8-14-12)15-9-3-4-9/h6,8-10,17H,1-5,7H2,(H,13,14,15). The second-order valence-corrected chi connectivity index (χ2v) is 4.92. The number of hydrogen-bond acceptors (Lipinski definition) is 5. The minimum absolute atomic E-state index is 0.224. The second-order valence-electron chi connectivity index (χ2n) is 4.92. The minimum Gasteiger partial charge on any atom is -0.391 e. The first-order chi connectivity index (χ1) is 8.31. The SMILES string of the molecule is OC1CCCN(c2cc(NC3CC3)ncn2)C1. The van der Waals surface area contributed by atoms with Crippen LogP contribution >= 0.6 is 0 Å². The summed E-state index contributed by atoms with van der Waals surface area (Å²) < 4.78 is 0. The Balaban J connectivity index is 1.72. The van der Waals surface area contributed by atoms with Gasteiger partial charge in [0.2, 0.25) is 0 Å². The van der Waals surface area contributed by atoms with E-state index in [4.69, 9.17) is 0 Å². The largest absolute Gasteiger partial charge is 0.391 e. The maximum atomic E-state index is 9.66. The Morgan fingerprint density at radius 1 is 1.29 bits per heavy atom. The van der Waals surface area contributed by atoms with Gasteiger partial charge >= 0.3 is 0 Å². The van der Waals surface area contributed by atoms with Crippen molar-refractivity contribution < 1.29 is 5.11 Å². The van der Waals surface area contributed by atoms with E-state index in [1.165, 1.54) is 12.8 Å². The molecule has 1 aliphatic heterocycles. The molecule has 2 aliphatic rings. The summed E-state index contributed by atoms with van der Waals surface area (Å²) in [5, 5.41) is 13.0. The molecule has 2 heterocycles. The van der Waals surface area contributed by atoms with E-state index in [-0.39, 0.29) is 6.10 Å². The number of rotatable bonds is 3. The molecule has 3 rings (SSSR count). The van der Waals surface area contributed by atoms with E-state index < -0.39 is 0 Å². The molecule has 0 radical (unpaired) electrons. The number of aliphatic hydroxyl groups excluding tert-OH is 1. The third-order valence-electron chi connectivity index (χ3n) is 3.30. The van der Waals surface area contributed by atoms with Gasteiger partial charge < -0.3 is 15.3 Å². The number of aromatic nitrogens is 2. The van der Waals surface area contributed by atoms with Gasteiger partial charge in [-0.3, -0.25) is 0 Å². The average Bonchev–Trinajstić information content (AvgIpc) is 3.13. The molecule has 17 heavy (non-hydrogen) atoms. The van der Waals surface area contributed by atoms with Crippen LogP contribution in [0.3, 0.4) is 0 Å². The van der Waals surface area contributed by atoms with Crippen molar-refractivity contribution in [3.8, 4) is 0 Å². The summed E-state index contributed by atoms with van der Waals surface area (Å²) in [5.74, 6) is 1.82. The molecule has 2 N–H and O–H groups in total. The van der Waals surface area contributed by atoms with Crippen LogP contribution in [0.15, 0.2) is 12.4 Å². The van der Waals surface area contributed by atoms with Crippen LogP contribution in [0.4, 0.5) is 11.6 Å². The van der Waals surface area contributed by atoms with Crippen molar-refractivity contribution in [1.82, 2.24) is 9.97 Å². The lowest BCUT2D eigenvalue weighted by Crippen LogP contribution is -2.38. The van der Waals surface area contributed by atoms with Gasteiger partial charge in [-0.1, -0.05) is 0 Å². The number of β-amino-alcohol motifs (C(OH)–C–C–N with tert-alkyl or cyclic N) is 1. The summed E-state index contributed by atoms with van der Waals surface area (Å²) in [4.78, 5) is 10.6. The third-order valence-corrected chi connectivity index (χ3v) is 3.30. The topological polar surface area (TPSA) is 61.3 Å². The van der Waals surface area contributed by atoms with Crippen molar-refractivity contribution in [2.24, 2.45) is 0 Å². The van der Waals surface area contributed by atoms with Crippen LogP contribution in [0.25, 0.3) is 0 Å². The molecule has 2 fully saturated rings. The van der Waals surface area contributed by atoms with Crippen LogP contribution < -0.4 is 10.2 Å². The van der Waals surface area contributed by atoms with Crippen LogP contribution in [0, 0.1) is 0 Å². The summed E-state index contributed by atoms with van der Waals surface area (Å²) in [6, 6.07) is 2.58. The lowest BCUT2D eigenvalue weighted by atomic mass is 10.1. The van der Waals surface area contributed by atoms with Gasteiger partial charge in [-0.25, -0.2) is 9.97 Å². The number of nitrogens with zero attached hydrogens (tertiary/aromatic N) is 3. The smallest absolute Gasteiger partial charge is 0.134 e. The summed E-state index contributed by atoms with van der Waals surface area (Å²) >= 11 is 0. The zero-order valence-corrected chi connectivity index (χ0v) is 9.84. The average molecular weight is 234 g/mol. The molecule has 5 heteroatoms. The zero-order valence-electron chi connectivity index (χ0n) is 9.84. The fraction of sp³-hybridized carbons (Fsp3) is 0.667. The first kappa shape index (κ1) is 10.8. The van der Waals surface area contributed by atoms with Gasteiger partial charge in [0.25, 0.3) is 0 Å². The fourth-order valence-electron chi connectivity index (χ4n) is 2.20. The van der Waals surface area contributed by atoms with E-state index in [9.17, 15) is 5.11 Å².